The van der Waals surface area contributed by atoms with Gasteiger partial charge in [-0.25, -0.2) is 0 Å². The first kappa shape index (κ1) is 10.1. The summed E-state index contributed by atoms with van der Waals surface area (Å²) in [6.45, 7) is 3.99. The predicted octanol–water partition coefficient (Wildman–Crippen LogP) is 3.64. The summed E-state index contributed by atoms with van der Waals surface area (Å²) in [6, 6.07) is 1.95. The Hall–Kier alpha value is -0.470. The Morgan fingerprint density at radius 2 is 2.14 bits per heavy atom. The van der Waals surface area contributed by atoms with E-state index in [-0.39, 0.29) is 5.78 Å². The number of carbonyl (C=O) groups is 1. The van der Waals surface area contributed by atoms with Crippen LogP contribution in [0.4, 0.5) is 0 Å². The zero-order valence-corrected chi connectivity index (χ0v) is 9.76. The molecule has 0 atom stereocenters. The van der Waals surface area contributed by atoms with Crippen LogP contribution < -0.4 is 0 Å². The van der Waals surface area contributed by atoms with Crippen LogP contribution >= 0.6 is 23.4 Å². The Morgan fingerprint density at radius 3 is 2.86 bits per heavy atom. The normalized spacial score (nSPS) is 15.5. The zero-order valence-electron chi connectivity index (χ0n) is 8.19. The monoisotopic (exact) mass is 226 g/mol. The molecule has 1 aliphatic heterocycles. The molecular formula is C11H11ClOS. The van der Waals surface area contributed by atoms with Crippen molar-refractivity contribution in [2.45, 2.75) is 25.2 Å². The van der Waals surface area contributed by atoms with Crippen molar-refractivity contribution in [3.05, 3.63) is 27.8 Å². The van der Waals surface area contributed by atoms with Crippen LogP contribution in [-0.2, 0) is 0 Å². The molecule has 0 amide bonds. The van der Waals surface area contributed by atoms with Crippen LogP contribution in [0.1, 0.15) is 27.9 Å². The largest absolute Gasteiger partial charge is 0.294 e. The van der Waals surface area contributed by atoms with E-state index in [0.29, 0.717) is 6.42 Å². The maximum Gasteiger partial charge on any atom is 0.165 e. The molecule has 0 radical (unpaired) electrons. The van der Waals surface area contributed by atoms with Crippen LogP contribution in [0, 0.1) is 13.8 Å². The van der Waals surface area contributed by atoms with Gasteiger partial charge in [0.25, 0.3) is 0 Å². The summed E-state index contributed by atoms with van der Waals surface area (Å²) < 4.78 is 0. The summed E-state index contributed by atoms with van der Waals surface area (Å²) in [4.78, 5) is 12.7. The van der Waals surface area contributed by atoms with Gasteiger partial charge >= 0.3 is 0 Å². The van der Waals surface area contributed by atoms with E-state index in [0.717, 1.165) is 32.4 Å². The Bertz CT molecular complexity index is 412. The molecule has 0 bridgehead atoms. The lowest BCUT2D eigenvalue weighted by Gasteiger charge is -2.19. The van der Waals surface area contributed by atoms with Gasteiger partial charge in [0.1, 0.15) is 0 Å². The van der Waals surface area contributed by atoms with E-state index < -0.39 is 0 Å². The lowest BCUT2D eigenvalue weighted by atomic mass is 9.98. The van der Waals surface area contributed by atoms with Crippen LogP contribution in [0.25, 0.3) is 0 Å². The number of hydrogen-bond acceptors (Lipinski definition) is 2. The smallest absolute Gasteiger partial charge is 0.165 e. The van der Waals surface area contributed by atoms with E-state index in [4.69, 9.17) is 11.6 Å². The Morgan fingerprint density at radius 1 is 1.43 bits per heavy atom. The van der Waals surface area contributed by atoms with E-state index in [2.05, 4.69) is 0 Å². The molecule has 0 saturated carbocycles. The maximum absolute atomic E-state index is 11.7. The lowest BCUT2D eigenvalue weighted by Crippen LogP contribution is -2.11. The quantitative estimate of drug-likeness (QED) is 0.672. The molecule has 14 heavy (non-hydrogen) atoms. The minimum atomic E-state index is 0.238. The molecule has 0 aliphatic carbocycles. The highest BCUT2D eigenvalue weighted by atomic mass is 35.5. The fourth-order valence-electron chi connectivity index (χ4n) is 1.70. The van der Waals surface area contributed by atoms with Crippen LogP contribution in [0.2, 0.25) is 5.02 Å². The van der Waals surface area contributed by atoms with Gasteiger partial charge in [-0.15, -0.1) is 11.8 Å². The molecule has 0 aromatic heterocycles. The molecule has 1 aliphatic rings. The van der Waals surface area contributed by atoms with Crippen molar-refractivity contribution in [2.75, 3.05) is 5.75 Å². The molecule has 1 nitrogen and oxygen atoms in total. The van der Waals surface area contributed by atoms with Gasteiger partial charge in [0, 0.05) is 22.6 Å². The summed E-state index contributed by atoms with van der Waals surface area (Å²) in [5, 5.41) is 0.723. The summed E-state index contributed by atoms with van der Waals surface area (Å²) in [5.41, 5.74) is 3.04. The summed E-state index contributed by atoms with van der Waals surface area (Å²) in [5.74, 6) is 1.09. The fraction of sp³-hybridized carbons (Fsp3) is 0.364. The molecule has 0 unspecified atom stereocenters. The molecule has 1 heterocycles. The average Bonchev–Trinajstić information content (AvgIpc) is 2.14. The predicted molar refractivity (Wildman–Crippen MR) is 60.6 cm³/mol. The van der Waals surface area contributed by atoms with Crippen molar-refractivity contribution in [3.8, 4) is 0 Å². The van der Waals surface area contributed by atoms with Gasteiger partial charge in [-0.3, -0.25) is 4.79 Å². The van der Waals surface area contributed by atoms with Crippen LogP contribution in [0.3, 0.4) is 0 Å². The van der Waals surface area contributed by atoms with Crippen LogP contribution in [0.5, 0.6) is 0 Å². The van der Waals surface area contributed by atoms with E-state index in [1.165, 1.54) is 0 Å². The highest BCUT2D eigenvalue weighted by Gasteiger charge is 2.23. The number of hydrogen-bond donors (Lipinski definition) is 0. The van der Waals surface area contributed by atoms with E-state index in [1.807, 2.05) is 19.9 Å². The third kappa shape index (κ3) is 1.47. The molecule has 0 fully saturated rings. The molecule has 0 spiro atoms. The maximum atomic E-state index is 11.7. The molecule has 0 saturated heterocycles. The lowest BCUT2D eigenvalue weighted by molar-refractivity contribution is 0.0984. The number of ketones is 1. The van der Waals surface area contributed by atoms with Crippen molar-refractivity contribution in [3.63, 3.8) is 0 Å². The molecular weight excluding hydrogens is 216 g/mol. The minimum Gasteiger partial charge on any atom is -0.294 e. The number of aryl methyl sites for hydroxylation is 1. The SMILES string of the molecule is Cc1cc(Cl)c2c(c1C)C(=O)CCS2. The summed E-state index contributed by atoms with van der Waals surface area (Å²) in [7, 11) is 0. The van der Waals surface area contributed by atoms with Crippen LogP contribution in [0.15, 0.2) is 11.0 Å². The first-order valence-corrected chi connectivity index (χ1v) is 5.93. The highest BCUT2D eigenvalue weighted by molar-refractivity contribution is 7.99. The van der Waals surface area contributed by atoms with Gasteiger partial charge < -0.3 is 0 Å². The Labute approximate surface area is 92.8 Å². The topological polar surface area (TPSA) is 17.1 Å². The van der Waals surface area contributed by atoms with Gasteiger partial charge in [0.15, 0.2) is 5.78 Å². The van der Waals surface area contributed by atoms with Gasteiger partial charge in [-0.1, -0.05) is 11.6 Å². The molecule has 0 N–H and O–H groups in total. The standard InChI is InChI=1S/C11H11ClOS/c1-6-5-8(12)11-10(7(6)2)9(13)3-4-14-11/h5H,3-4H2,1-2H3. The van der Waals surface area contributed by atoms with Crippen molar-refractivity contribution in [2.24, 2.45) is 0 Å². The van der Waals surface area contributed by atoms with Gasteiger partial charge in [0.05, 0.1) is 5.02 Å². The Balaban J connectivity index is 2.73. The summed E-state index contributed by atoms with van der Waals surface area (Å²) >= 11 is 7.80. The highest BCUT2D eigenvalue weighted by Crippen LogP contribution is 2.38. The zero-order chi connectivity index (χ0) is 10.3. The van der Waals surface area contributed by atoms with Gasteiger partial charge in [-0.2, -0.15) is 0 Å². The molecule has 3 heteroatoms. The average molecular weight is 227 g/mol. The fourth-order valence-corrected chi connectivity index (χ4v) is 3.22. The second kappa shape index (κ2) is 3.59. The van der Waals surface area contributed by atoms with Gasteiger partial charge in [0.2, 0.25) is 0 Å². The first-order chi connectivity index (χ1) is 6.61. The van der Waals surface area contributed by atoms with Gasteiger partial charge in [-0.05, 0) is 31.0 Å². The first-order valence-electron chi connectivity index (χ1n) is 4.57. The molecule has 74 valence electrons. The second-order valence-electron chi connectivity index (χ2n) is 3.53. The van der Waals surface area contributed by atoms with E-state index in [1.54, 1.807) is 11.8 Å². The van der Waals surface area contributed by atoms with Crippen LogP contribution in [-0.4, -0.2) is 11.5 Å². The third-order valence-corrected chi connectivity index (χ3v) is 4.14. The minimum absolute atomic E-state index is 0.238. The Kier molecular flexibility index (Phi) is 2.58. The van der Waals surface area contributed by atoms with Crippen molar-refractivity contribution in [1.29, 1.82) is 0 Å². The summed E-state index contributed by atoms with van der Waals surface area (Å²) in [6.07, 6.45) is 0.637. The van der Waals surface area contributed by atoms with Crippen molar-refractivity contribution < 1.29 is 4.79 Å². The van der Waals surface area contributed by atoms with E-state index >= 15 is 0 Å². The second-order valence-corrected chi connectivity index (χ2v) is 5.04. The van der Waals surface area contributed by atoms with Crippen molar-refractivity contribution >= 4 is 29.1 Å². The molecule has 1 aromatic carbocycles. The number of carbonyl (C=O) groups excluding carboxylic acids is 1. The number of benzene rings is 1. The van der Waals surface area contributed by atoms with E-state index in [9.17, 15) is 4.79 Å². The number of halogens is 1. The third-order valence-electron chi connectivity index (χ3n) is 2.61. The van der Waals surface area contributed by atoms with Crippen molar-refractivity contribution in [1.82, 2.24) is 0 Å². The number of Topliss-reactive ketones (excluding diaryl/α,β-unsaturated/α-hetero) is 1. The number of fused-ring (bicyclic) bond motifs is 1. The molecule has 1 aromatic rings. The number of rotatable bonds is 0. The molecule has 2 rings (SSSR count). The number of thioether (sulfide) groups is 1.